The van der Waals surface area contributed by atoms with Gasteiger partial charge in [0.15, 0.2) is 0 Å². The van der Waals surface area contributed by atoms with E-state index in [1.165, 1.54) is 12.1 Å². The van der Waals surface area contributed by atoms with Gasteiger partial charge in [0.1, 0.15) is 5.82 Å². The number of nitrogens with one attached hydrogen (secondary N) is 1. The average Bonchev–Trinajstić information content (AvgIpc) is 2.26. The number of benzene rings is 1. The number of nitrogens with zero attached hydrogens (tertiary/aromatic N) is 1. The maximum atomic E-state index is 12.9. The molecule has 1 aromatic rings. The molecule has 4 heteroatoms. The van der Waals surface area contributed by atoms with Gasteiger partial charge in [-0.15, -0.1) is 0 Å². The summed E-state index contributed by atoms with van der Waals surface area (Å²) in [6, 6.07) is 5.89. The highest BCUT2D eigenvalue weighted by Gasteiger charge is 2.07. The lowest BCUT2D eigenvalue weighted by atomic mass is 10.3. The van der Waals surface area contributed by atoms with Crippen molar-refractivity contribution in [1.82, 2.24) is 4.90 Å². The lowest BCUT2D eigenvalue weighted by Gasteiger charge is -2.17. The van der Waals surface area contributed by atoms with Crippen molar-refractivity contribution in [3.8, 4) is 0 Å². The molecule has 1 amide bonds. The number of hydrogen-bond donors (Lipinski definition) is 1. The predicted octanol–water partition coefficient (Wildman–Crippen LogP) is 2.11. The molecule has 1 rings (SSSR count). The largest absolute Gasteiger partial charge is 0.325 e. The molecule has 0 heterocycles. The fraction of sp³-hybridized carbons (Fsp3) is 0.417. The van der Waals surface area contributed by atoms with Gasteiger partial charge >= 0.3 is 0 Å². The van der Waals surface area contributed by atoms with E-state index in [4.69, 9.17) is 0 Å². The van der Waals surface area contributed by atoms with Crippen LogP contribution in [0.1, 0.15) is 13.8 Å². The molecule has 3 nitrogen and oxygen atoms in total. The van der Waals surface area contributed by atoms with Crippen LogP contribution in [0.5, 0.6) is 0 Å². The second-order valence-electron chi connectivity index (χ2n) is 3.52. The predicted molar refractivity (Wildman–Crippen MR) is 62.8 cm³/mol. The molecule has 0 saturated heterocycles. The number of likely N-dealkylation sites (N-methyl/N-ethyl adjacent to an activating group) is 1. The first kappa shape index (κ1) is 12.6. The molecule has 16 heavy (non-hydrogen) atoms. The van der Waals surface area contributed by atoms with Gasteiger partial charge in [0, 0.05) is 5.69 Å². The number of amides is 1. The van der Waals surface area contributed by atoms with Crippen LogP contribution in [0.15, 0.2) is 24.3 Å². The molecule has 0 radical (unpaired) electrons. The van der Waals surface area contributed by atoms with E-state index in [1.54, 1.807) is 12.1 Å². The van der Waals surface area contributed by atoms with E-state index in [1.807, 2.05) is 18.7 Å². The summed E-state index contributed by atoms with van der Waals surface area (Å²) in [5, 5.41) is 2.66. The zero-order chi connectivity index (χ0) is 12.0. The summed E-state index contributed by atoms with van der Waals surface area (Å²) in [7, 11) is 0. The Labute approximate surface area is 95.3 Å². The van der Waals surface area contributed by atoms with Gasteiger partial charge in [-0.1, -0.05) is 19.9 Å². The van der Waals surface area contributed by atoms with Crippen molar-refractivity contribution in [2.75, 3.05) is 25.0 Å². The normalized spacial score (nSPS) is 10.5. The zero-order valence-electron chi connectivity index (χ0n) is 9.66. The Balaban J connectivity index is 2.51. The Morgan fingerprint density at radius 3 is 2.62 bits per heavy atom. The highest BCUT2D eigenvalue weighted by molar-refractivity contribution is 5.92. The lowest BCUT2D eigenvalue weighted by molar-refractivity contribution is -0.117. The summed E-state index contributed by atoms with van der Waals surface area (Å²) < 4.78 is 12.9. The Morgan fingerprint density at radius 2 is 2.06 bits per heavy atom. The second kappa shape index (κ2) is 6.23. The molecule has 0 atom stereocenters. The molecule has 0 aliphatic heterocycles. The van der Waals surface area contributed by atoms with Crippen molar-refractivity contribution in [2.24, 2.45) is 0 Å². The lowest BCUT2D eigenvalue weighted by Crippen LogP contribution is -2.32. The van der Waals surface area contributed by atoms with Gasteiger partial charge in [-0.25, -0.2) is 4.39 Å². The van der Waals surface area contributed by atoms with E-state index < -0.39 is 0 Å². The zero-order valence-corrected chi connectivity index (χ0v) is 9.66. The molecule has 0 aliphatic rings. The van der Waals surface area contributed by atoms with Crippen molar-refractivity contribution in [3.63, 3.8) is 0 Å². The van der Waals surface area contributed by atoms with Crippen LogP contribution >= 0.6 is 0 Å². The fourth-order valence-electron chi connectivity index (χ4n) is 1.42. The Kier molecular flexibility index (Phi) is 4.92. The van der Waals surface area contributed by atoms with Gasteiger partial charge in [-0.3, -0.25) is 9.69 Å². The summed E-state index contributed by atoms with van der Waals surface area (Å²) in [5.74, 6) is -0.463. The van der Waals surface area contributed by atoms with Crippen LogP contribution in [0.25, 0.3) is 0 Å². The van der Waals surface area contributed by atoms with E-state index in [0.29, 0.717) is 12.2 Å². The van der Waals surface area contributed by atoms with Crippen LogP contribution in [0.4, 0.5) is 10.1 Å². The van der Waals surface area contributed by atoms with E-state index in [2.05, 4.69) is 5.32 Å². The van der Waals surface area contributed by atoms with E-state index in [-0.39, 0.29) is 11.7 Å². The Morgan fingerprint density at radius 1 is 1.38 bits per heavy atom. The number of anilines is 1. The standard InChI is InChI=1S/C12H17FN2O/c1-3-15(4-2)9-12(16)14-11-7-5-6-10(13)8-11/h5-8H,3-4,9H2,1-2H3,(H,14,16). The summed E-state index contributed by atoms with van der Waals surface area (Å²) in [6.45, 7) is 5.99. The van der Waals surface area contributed by atoms with Crippen LogP contribution in [0.2, 0.25) is 0 Å². The van der Waals surface area contributed by atoms with Gasteiger partial charge < -0.3 is 5.32 Å². The first-order valence-electron chi connectivity index (χ1n) is 5.43. The summed E-state index contributed by atoms with van der Waals surface area (Å²) in [6.07, 6.45) is 0. The summed E-state index contributed by atoms with van der Waals surface area (Å²) >= 11 is 0. The third kappa shape index (κ3) is 3.98. The summed E-state index contributed by atoms with van der Waals surface area (Å²) in [5.41, 5.74) is 0.497. The van der Waals surface area contributed by atoms with Crippen molar-refractivity contribution < 1.29 is 9.18 Å². The SMILES string of the molecule is CCN(CC)CC(=O)Nc1cccc(F)c1. The quantitative estimate of drug-likeness (QED) is 0.830. The topological polar surface area (TPSA) is 32.3 Å². The summed E-state index contributed by atoms with van der Waals surface area (Å²) in [4.78, 5) is 13.6. The smallest absolute Gasteiger partial charge is 0.238 e. The number of halogens is 1. The van der Waals surface area contributed by atoms with E-state index in [9.17, 15) is 9.18 Å². The second-order valence-corrected chi connectivity index (χ2v) is 3.52. The minimum absolute atomic E-state index is 0.116. The van der Waals surface area contributed by atoms with Gasteiger partial charge in [-0.05, 0) is 31.3 Å². The van der Waals surface area contributed by atoms with Crippen LogP contribution in [-0.4, -0.2) is 30.4 Å². The molecule has 0 saturated carbocycles. The molecular formula is C12H17FN2O. The fourth-order valence-corrected chi connectivity index (χ4v) is 1.42. The first-order chi connectivity index (χ1) is 7.65. The molecule has 0 aromatic heterocycles. The van der Waals surface area contributed by atoms with Crippen molar-refractivity contribution >= 4 is 11.6 Å². The molecule has 88 valence electrons. The molecular weight excluding hydrogens is 207 g/mol. The maximum Gasteiger partial charge on any atom is 0.238 e. The third-order valence-electron chi connectivity index (χ3n) is 2.37. The molecule has 0 aliphatic carbocycles. The van der Waals surface area contributed by atoms with E-state index in [0.717, 1.165) is 13.1 Å². The molecule has 0 fully saturated rings. The molecule has 0 unspecified atom stereocenters. The number of rotatable bonds is 5. The molecule has 1 aromatic carbocycles. The Bertz CT molecular complexity index is 351. The van der Waals surface area contributed by atoms with Gasteiger partial charge in [0.25, 0.3) is 0 Å². The first-order valence-corrected chi connectivity index (χ1v) is 5.43. The van der Waals surface area contributed by atoms with Gasteiger partial charge in [-0.2, -0.15) is 0 Å². The minimum Gasteiger partial charge on any atom is -0.325 e. The maximum absolute atomic E-state index is 12.9. The minimum atomic E-state index is -0.347. The highest BCUT2D eigenvalue weighted by atomic mass is 19.1. The van der Waals surface area contributed by atoms with Crippen LogP contribution in [0, 0.1) is 5.82 Å². The van der Waals surface area contributed by atoms with Gasteiger partial charge in [0.05, 0.1) is 6.54 Å². The number of carbonyl (C=O) groups is 1. The third-order valence-corrected chi connectivity index (χ3v) is 2.37. The highest BCUT2D eigenvalue weighted by Crippen LogP contribution is 2.08. The van der Waals surface area contributed by atoms with Crippen molar-refractivity contribution in [2.45, 2.75) is 13.8 Å². The van der Waals surface area contributed by atoms with Gasteiger partial charge in [0.2, 0.25) is 5.91 Å². The number of carbonyl (C=O) groups excluding carboxylic acids is 1. The van der Waals surface area contributed by atoms with Crippen molar-refractivity contribution in [1.29, 1.82) is 0 Å². The Hall–Kier alpha value is -1.42. The van der Waals surface area contributed by atoms with Crippen molar-refractivity contribution in [3.05, 3.63) is 30.1 Å². The monoisotopic (exact) mass is 224 g/mol. The van der Waals surface area contributed by atoms with Crippen LogP contribution in [0.3, 0.4) is 0 Å². The van der Waals surface area contributed by atoms with Crippen LogP contribution < -0.4 is 5.32 Å². The number of hydrogen-bond acceptors (Lipinski definition) is 2. The van der Waals surface area contributed by atoms with E-state index >= 15 is 0 Å². The average molecular weight is 224 g/mol. The molecule has 0 bridgehead atoms. The molecule has 0 spiro atoms. The molecule has 1 N–H and O–H groups in total. The van der Waals surface area contributed by atoms with Crippen LogP contribution in [-0.2, 0) is 4.79 Å².